The molecule has 0 atom stereocenters. The number of ether oxygens (including phenoxy) is 1. The quantitative estimate of drug-likeness (QED) is 0.771. The Morgan fingerprint density at radius 1 is 1.19 bits per heavy atom. The number of pyridine rings is 2. The van der Waals surface area contributed by atoms with Crippen LogP contribution in [0.5, 0.6) is 0 Å². The van der Waals surface area contributed by atoms with Crippen LogP contribution in [-0.4, -0.2) is 42.2 Å². The highest BCUT2D eigenvalue weighted by Crippen LogP contribution is 2.21. The minimum absolute atomic E-state index is 0.302. The molecule has 138 valence electrons. The van der Waals surface area contributed by atoms with Gasteiger partial charge in [-0.05, 0) is 37.3 Å². The molecule has 4 rings (SSSR count). The number of nitrogens with one attached hydrogen (secondary N) is 1. The zero-order valence-electron chi connectivity index (χ0n) is 14.9. The first-order valence-corrected chi connectivity index (χ1v) is 8.77. The van der Waals surface area contributed by atoms with Crippen LogP contribution in [0, 0.1) is 12.7 Å². The number of rotatable bonds is 3. The van der Waals surface area contributed by atoms with Crippen LogP contribution >= 0.6 is 0 Å². The second-order valence-corrected chi connectivity index (χ2v) is 6.43. The number of carbonyl (C=O) groups excluding carboxylic acids is 1. The van der Waals surface area contributed by atoms with Crippen molar-refractivity contribution >= 4 is 28.3 Å². The Morgan fingerprint density at radius 3 is 2.74 bits per heavy atom. The SMILES string of the molecule is Cc1cc(C(=O)Nc2ccc(N3CCOCC3)cn2)c2ccc(F)cc2n1. The van der Waals surface area contributed by atoms with Gasteiger partial charge in [-0.2, -0.15) is 0 Å². The van der Waals surface area contributed by atoms with E-state index in [2.05, 4.69) is 20.2 Å². The van der Waals surface area contributed by atoms with Crippen LogP contribution in [0.25, 0.3) is 10.9 Å². The summed E-state index contributed by atoms with van der Waals surface area (Å²) in [6, 6.07) is 9.62. The summed E-state index contributed by atoms with van der Waals surface area (Å²) in [7, 11) is 0. The van der Waals surface area contributed by atoms with Gasteiger partial charge in [-0.1, -0.05) is 0 Å². The van der Waals surface area contributed by atoms with Gasteiger partial charge < -0.3 is 15.0 Å². The van der Waals surface area contributed by atoms with Crippen LogP contribution in [0.3, 0.4) is 0 Å². The third kappa shape index (κ3) is 3.73. The highest BCUT2D eigenvalue weighted by molar-refractivity contribution is 6.12. The minimum Gasteiger partial charge on any atom is -0.378 e. The number of carbonyl (C=O) groups is 1. The van der Waals surface area contributed by atoms with E-state index in [1.807, 2.05) is 6.07 Å². The monoisotopic (exact) mass is 366 g/mol. The zero-order valence-corrected chi connectivity index (χ0v) is 14.9. The maximum Gasteiger partial charge on any atom is 0.257 e. The molecule has 1 N–H and O–H groups in total. The molecule has 0 bridgehead atoms. The molecule has 6 nitrogen and oxygen atoms in total. The second-order valence-electron chi connectivity index (χ2n) is 6.43. The molecule has 1 aliphatic rings. The Hall–Kier alpha value is -3.06. The summed E-state index contributed by atoms with van der Waals surface area (Å²) in [5.74, 6) is -0.224. The first kappa shape index (κ1) is 17.4. The Bertz CT molecular complexity index is 980. The summed E-state index contributed by atoms with van der Waals surface area (Å²) < 4.78 is 18.8. The number of amides is 1. The van der Waals surface area contributed by atoms with Crippen molar-refractivity contribution in [3.05, 3.63) is 59.7 Å². The van der Waals surface area contributed by atoms with Gasteiger partial charge in [0.15, 0.2) is 0 Å². The Morgan fingerprint density at radius 2 is 2.00 bits per heavy atom. The van der Waals surface area contributed by atoms with Crippen molar-refractivity contribution in [3.8, 4) is 0 Å². The van der Waals surface area contributed by atoms with Crippen LogP contribution in [-0.2, 0) is 4.74 Å². The first-order valence-electron chi connectivity index (χ1n) is 8.77. The topological polar surface area (TPSA) is 67.4 Å². The van der Waals surface area contributed by atoms with Crippen LogP contribution in [0.4, 0.5) is 15.9 Å². The molecule has 1 amide bonds. The van der Waals surface area contributed by atoms with E-state index in [1.165, 1.54) is 12.1 Å². The van der Waals surface area contributed by atoms with Crippen molar-refractivity contribution in [1.82, 2.24) is 9.97 Å². The molecule has 0 saturated carbocycles. The van der Waals surface area contributed by atoms with Crippen LogP contribution < -0.4 is 10.2 Å². The van der Waals surface area contributed by atoms with Gasteiger partial charge in [0, 0.05) is 30.2 Å². The molecule has 1 aromatic carbocycles. The largest absolute Gasteiger partial charge is 0.378 e. The molecular formula is C20H19FN4O2. The predicted octanol–water partition coefficient (Wildman–Crippen LogP) is 3.17. The smallest absolute Gasteiger partial charge is 0.257 e. The molecule has 1 aliphatic heterocycles. The normalized spacial score (nSPS) is 14.4. The van der Waals surface area contributed by atoms with Gasteiger partial charge in [-0.15, -0.1) is 0 Å². The van der Waals surface area contributed by atoms with Crippen LogP contribution in [0.2, 0.25) is 0 Å². The number of hydrogen-bond donors (Lipinski definition) is 1. The average Bonchev–Trinajstić information content (AvgIpc) is 2.68. The van der Waals surface area contributed by atoms with Crippen molar-refractivity contribution in [2.75, 3.05) is 36.5 Å². The fraction of sp³-hybridized carbons (Fsp3) is 0.250. The Balaban J connectivity index is 1.56. The van der Waals surface area contributed by atoms with Gasteiger partial charge in [0.25, 0.3) is 5.91 Å². The number of fused-ring (bicyclic) bond motifs is 1. The van der Waals surface area contributed by atoms with E-state index in [0.29, 0.717) is 41.2 Å². The lowest BCUT2D eigenvalue weighted by Gasteiger charge is -2.28. The minimum atomic E-state index is -0.382. The molecule has 3 aromatic rings. The molecule has 0 spiro atoms. The number of hydrogen-bond acceptors (Lipinski definition) is 5. The van der Waals surface area contributed by atoms with Crippen molar-refractivity contribution in [2.45, 2.75) is 6.92 Å². The summed E-state index contributed by atoms with van der Waals surface area (Å²) in [5.41, 5.74) is 2.54. The summed E-state index contributed by atoms with van der Waals surface area (Å²) in [5, 5.41) is 3.41. The molecule has 3 heterocycles. The molecule has 7 heteroatoms. The second kappa shape index (κ2) is 7.28. The fourth-order valence-corrected chi connectivity index (χ4v) is 3.17. The van der Waals surface area contributed by atoms with Crippen molar-refractivity contribution in [1.29, 1.82) is 0 Å². The zero-order chi connectivity index (χ0) is 18.8. The van der Waals surface area contributed by atoms with E-state index in [4.69, 9.17) is 4.74 Å². The molecule has 1 saturated heterocycles. The molecular weight excluding hydrogens is 347 g/mol. The van der Waals surface area contributed by atoms with Gasteiger partial charge in [-0.25, -0.2) is 9.37 Å². The van der Waals surface area contributed by atoms with Crippen molar-refractivity contribution < 1.29 is 13.9 Å². The number of aryl methyl sites for hydroxylation is 1. The highest BCUT2D eigenvalue weighted by Gasteiger charge is 2.15. The lowest BCUT2D eigenvalue weighted by Crippen LogP contribution is -2.36. The maximum atomic E-state index is 13.5. The number of benzene rings is 1. The third-order valence-electron chi connectivity index (χ3n) is 4.51. The predicted molar refractivity (Wildman–Crippen MR) is 102 cm³/mol. The van der Waals surface area contributed by atoms with E-state index < -0.39 is 0 Å². The number of morpholine rings is 1. The van der Waals surface area contributed by atoms with E-state index >= 15 is 0 Å². The van der Waals surface area contributed by atoms with E-state index in [1.54, 1.807) is 31.3 Å². The Kier molecular flexibility index (Phi) is 4.68. The van der Waals surface area contributed by atoms with Crippen LogP contribution in [0.1, 0.15) is 16.1 Å². The van der Waals surface area contributed by atoms with Gasteiger partial charge in [0.1, 0.15) is 11.6 Å². The molecule has 1 fully saturated rings. The van der Waals surface area contributed by atoms with Crippen LogP contribution in [0.15, 0.2) is 42.6 Å². The van der Waals surface area contributed by atoms with E-state index in [-0.39, 0.29) is 11.7 Å². The maximum absolute atomic E-state index is 13.5. The van der Waals surface area contributed by atoms with Gasteiger partial charge in [0.05, 0.1) is 36.2 Å². The molecule has 27 heavy (non-hydrogen) atoms. The summed E-state index contributed by atoms with van der Waals surface area (Å²) in [4.78, 5) is 23.6. The Labute approximate surface area is 156 Å². The molecule has 0 aliphatic carbocycles. The number of anilines is 2. The lowest BCUT2D eigenvalue weighted by atomic mass is 10.1. The van der Waals surface area contributed by atoms with E-state index in [0.717, 1.165) is 18.8 Å². The average molecular weight is 366 g/mol. The summed E-state index contributed by atoms with van der Waals surface area (Å²) in [6.45, 7) is 4.83. The van der Waals surface area contributed by atoms with Gasteiger partial charge in [-0.3, -0.25) is 9.78 Å². The number of aromatic nitrogens is 2. The summed E-state index contributed by atoms with van der Waals surface area (Å²) >= 11 is 0. The molecule has 0 radical (unpaired) electrons. The lowest BCUT2D eigenvalue weighted by molar-refractivity contribution is 0.102. The third-order valence-corrected chi connectivity index (χ3v) is 4.51. The van der Waals surface area contributed by atoms with Gasteiger partial charge in [0.2, 0.25) is 0 Å². The molecule has 0 unspecified atom stereocenters. The van der Waals surface area contributed by atoms with Crippen molar-refractivity contribution in [3.63, 3.8) is 0 Å². The number of halogens is 1. The van der Waals surface area contributed by atoms with E-state index in [9.17, 15) is 9.18 Å². The first-order chi connectivity index (χ1) is 13.1. The number of nitrogens with zero attached hydrogens (tertiary/aromatic N) is 3. The van der Waals surface area contributed by atoms with Gasteiger partial charge >= 0.3 is 0 Å². The molecule has 2 aromatic heterocycles. The fourth-order valence-electron chi connectivity index (χ4n) is 3.17. The summed E-state index contributed by atoms with van der Waals surface area (Å²) in [6.07, 6.45) is 1.74. The highest BCUT2D eigenvalue weighted by atomic mass is 19.1. The van der Waals surface area contributed by atoms with Crippen molar-refractivity contribution in [2.24, 2.45) is 0 Å². The standard InChI is InChI=1S/C20H19FN4O2/c1-13-10-17(16-4-2-14(21)11-18(16)23-13)20(26)24-19-5-3-15(12-22-19)25-6-8-27-9-7-25/h2-5,10-12H,6-9H2,1H3,(H,22,24,26).